The van der Waals surface area contributed by atoms with E-state index >= 15 is 0 Å². The Morgan fingerprint density at radius 3 is 3.18 bits per heavy atom. The van der Waals surface area contributed by atoms with Gasteiger partial charge in [0.1, 0.15) is 0 Å². The maximum atomic E-state index is 5.30. The Labute approximate surface area is 65.3 Å². The molecular formula is C8H11NO2. The van der Waals surface area contributed by atoms with Gasteiger partial charge in [-0.1, -0.05) is 0 Å². The molecular weight excluding hydrogens is 142 g/mol. The van der Waals surface area contributed by atoms with Crippen molar-refractivity contribution in [3.8, 4) is 0 Å². The average Bonchev–Trinajstić information content (AvgIpc) is 2.58. The summed E-state index contributed by atoms with van der Waals surface area (Å²) in [4.78, 5) is 0. The van der Waals surface area contributed by atoms with Crippen LogP contribution in [0.25, 0.3) is 0 Å². The number of ether oxygens (including phenoxy) is 1. The SMILES string of the molecule is c1cc([C@H]2COCCN2)co1. The smallest absolute Gasteiger partial charge is 0.0951 e. The zero-order valence-electron chi connectivity index (χ0n) is 6.25. The first-order chi connectivity index (χ1) is 5.47. The third-order valence-electron chi connectivity index (χ3n) is 1.87. The Kier molecular flexibility index (Phi) is 1.92. The molecule has 0 spiro atoms. The molecule has 0 radical (unpaired) electrons. The van der Waals surface area contributed by atoms with Crippen molar-refractivity contribution in [2.24, 2.45) is 0 Å². The molecule has 0 aromatic carbocycles. The van der Waals surface area contributed by atoms with E-state index in [2.05, 4.69) is 5.32 Å². The van der Waals surface area contributed by atoms with Gasteiger partial charge in [0.15, 0.2) is 0 Å². The minimum absolute atomic E-state index is 0.322. The lowest BCUT2D eigenvalue weighted by molar-refractivity contribution is 0.0767. The molecule has 11 heavy (non-hydrogen) atoms. The number of nitrogens with one attached hydrogen (secondary N) is 1. The summed E-state index contributed by atoms with van der Waals surface area (Å²) in [5.74, 6) is 0. The molecule has 3 nitrogen and oxygen atoms in total. The molecule has 60 valence electrons. The van der Waals surface area contributed by atoms with Crippen LogP contribution < -0.4 is 5.32 Å². The zero-order chi connectivity index (χ0) is 7.52. The van der Waals surface area contributed by atoms with Gasteiger partial charge in [-0.15, -0.1) is 0 Å². The maximum absolute atomic E-state index is 5.30. The molecule has 0 saturated carbocycles. The van der Waals surface area contributed by atoms with Crippen LogP contribution in [-0.2, 0) is 4.74 Å². The molecule has 0 bridgehead atoms. The zero-order valence-corrected chi connectivity index (χ0v) is 6.25. The van der Waals surface area contributed by atoms with E-state index in [0.717, 1.165) is 19.8 Å². The van der Waals surface area contributed by atoms with Crippen LogP contribution in [0.2, 0.25) is 0 Å². The Bertz CT molecular complexity index is 202. The molecule has 0 aliphatic carbocycles. The van der Waals surface area contributed by atoms with Gasteiger partial charge in [0.2, 0.25) is 0 Å². The van der Waals surface area contributed by atoms with Crippen molar-refractivity contribution < 1.29 is 9.15 Å². The highest BCUT2D eigenvalue weighted by molar-refractivity contribution is 5.11. The first-order valence-electron chi connectivity index (χ1n) is 3.80. The van der Waals surface area contributed by atoms with Gasteiger partial charge in [-0.2, -0.15) is 0 Å². The standard InChI is InChI=1S/C8H11NO2/c1-3-10-5-7(1)8-6-11-4-2-9-8/h1,3,5,8-9H,2,4,6H2/t8-/m1/s1. The van der Waals surface area contributed by atoms with E-state index in [9.17, 15) is 0 Å². The molecule has 1 saturated heterocycles. The normalized spacial score (nSPS) is 25.3. The van der Waals surface area contributed by atoms with E-state index in [1.54, 1.807) is 12.5 Å². The van der Waals surface area contributed by atoms with Gasteiger partial charge in [0.25, 0.3) is 0 Å². The lowest BCUT2D eigenvalue weighted by atomic mass is 10.1. The quantitative estimate of drug-likeness (QED) is 0.652. The second-order valence-electron chi connectivity index (χ2n) is 2.64. The molecule has 1 aliphatic heterocycles. The summed E-state index contributed by atoms with van der Waals surface area (Å²) in [5.41, 5.74) is 1.17. The van der Waals surface area contributed by atoms with Crippen LogP contribution >= 0.6 is 0 Å². The van der Waals surface area contributed by atoms with Crippen molar-refractivity contribution in [3.63, 3.8) is 0 Å². The van der Waals surface area contributed by atoms with Gasteiger partial charge in [0.05, 0.1) is 31.8 Å². The largest absolute Gasteiger partial charge is 0.472 e. The van der Waals surface area contributed by atoms with Gasteiger partial charge >= 0.3 is 0 Å². The lowest BCUT2D eigenvalue weighted by Crippen LogP contribution is -2.34. The summed E-state index contributed by atoms with van der Waals surface area (Å²) in [6.07, 6.45) is 3.44. The van der Waals surface area contributed by atoms with Gasteiger partial charge in [-0.05, 0) is 6.07 Å². The van der Waals surface area contributed by atoms with Gasteiger partial charge in [-0.25, -0.2) is 0 Å². The topological polar surface area (TPSA) is 34.4 Å². The van der Waals surface area contributed by atoms with E-state index in [1.807, 2.05) is 6.07 Å². The summed E-state index contributed by atoms with van der Waals surface area (Å²) in [7, 11) is 0. The van der Waals surface area contributed by atoms with Crippen LogP contribution in [0, 0.1) is 0 Å². The maximum Gasteiger partial charge on any atom is 0.0951 e. The van der Waals surface area contributed by atoms with Crippen LogP contribution in [0.4, 0.5) is 0 Å². The van der Waals surface area contributed by atoms with Crippen molar-refractivity contribution in [3.05, 3.63) is 24.2 Å². The van der Waals surface area contributed by atoms with E-state index in [4.69, 9.17) is 9.15 Å². The van der Waals surface area contributed by atoms with Crippen LogP contribution in [0.3, 0.4) is 0 Å². The fourth-order valence-electron chi connectivity index (χ4n) is 1.25. The monoisotopic (exact) mass is 153 g/mol. The van der Waals surface area contributed by atoms with Crippen LogP contribution in [0.15, 0.2) is 23.0 Å². The molecule has 2 heterocycles. The minimum Gasteiger partial charge on any atom is -0.472 e. The Balaban J connectivity index is 2.04. The van der Waals surface area contributed by atoms with E-state index in [-0.39, 0.29) is 0 Å². The molecule has 1 aromatic rings. The Morgan fingerprint density at radius 1 is 1.55 bits per heavy atom. The molecule has 1 aromatic heterocycles. The highest BCUT2D eigenvalue weighted by Gasteiger charge is 2.15. The third-order valence-corrected chi connectivity index (χ3v) is 1.87. The van der Waals surface area contributed by atoms with Gasteiger partial charge in [0, 0.05) is 12.1 Å². The number of hydrogen-bond donors (Lipinski definition) is 1. The van der Waals surface area contributed by atoms with Gasteiger partial charge < -0.3 is 14.5 Å². The summed E-state index contributed by atoms with van der Waals surface area (Å²) in [6, 6.07) is 2.29. The first-order valence-corrected chi connectivity index (χ1v) is 3.80. The summed E-state index contributed by atoms with van der Waals surface area (Å²) in [5, 5.41) is 3.34. The number of rotatable bonds is 1. The Morgan fingerprint density at radius 2 is 2.55 bits per heavy atom. The minimum atomic E-state index is 0.322. The Hall–Kier alpha value is -0.800. The molecule has 1 N–H and O–H groups in total. The predicted octanol–water partition coefficient (Wildman–Crippen LogP) is 0.941. The van der Waals surface area contributed by atoms with E-state index in [1.165, 1.54) is 5.56 Å². The van der Waals surface area contributed by atoms with E-state index in [0.29, 0.717) is 6.04 Å². The molecule has 0 unspecified atom stereocenters. The summed E-state index contributed by atoms with van der Waals surface area (Å²) < 4.78 is 10.3. The molecule has 0 amide bonds. The number of hydrogen-bond acceptors (Lipinski definition) is 3. The molecule has 1 atom stereocenters. The fourth-order valence-corrected chi connectivity index (χ4v) is 1.25. The first kappa shape index (κ1) is 6.88. The second-order valence-corrected chi connectivity index (χ2v) is 2.64. The average molecular weight is 153 g/mol. The number of furan rings is 1. The highest BCUT2D eigenvalue weighted by Crippen LogP contribution is 2.15. The van der Waals surface area contributed by atoms with Crippen molar-refractivity contribution >= 4 is 0 Å². The van der Waals surface area contributed by atoms with Crippen LogP contribution in [-0.4, -0.2) is 19.8 Å². The summed E-state index contributed by atoms with van der Waals surface area (Å²) in [6.45, 7) is 2.49. The molecule has 2 rings (SSSR count). The van der Waals surface area contributed by atoms with Crippen molar-refractivity contribution in [2.75, 3.05) is 19.8 Å². The molecule has 1 aliphatic rings. The van der Waals surface area contributed by atoms with E-state index < -0.39 is 0 Å². The highest BCUT2D eigenvalue weighted by atomic mass is 16.5. The van der Waals surface area contributed by atoms with Crippen molar-refractivity contribution in [2.45, 2.75) is 6.04 Å². The fraction of sp³-hybridized carbons (Fsp3) is 0.500. The molecule has 1 fully saturated rings. The molecule has 3 heteroatoms. The van der Waals surface area contributed by atoms with Crippen molar-refractivity contribution in [1.29, 1.82) is 0 Å². The summed E-state index contributed by atoms with van der Waals surface area (Å²) >= 11 is 0. The van der Waals surface area contributed by atoms with Crippen molar-refractivity contribution in [1.82, 2.24) is 5.32 Å². The third kappa shape index (κ3) is 1.44. The van der Waals surface area contributed by atoms with Gasteiger partial charge in [-0.3, -0.25) is 0 Å². The number of morpholine rings is 1. The predicted molar refractivity (Wildman–Crippen MR) is 40.3 cm³/mol. The van der Waals surface area contributed by atoms with Crippen LogP contribution in [0.5, 0.6) is 0 Å². The van der Waals surface area contributed by atoms with Crippen LogP contribution in [0.1, 0.15) is 11.6 Å². The second kappa shape index (κ2) is 3.07. The lowest BCUT2D eigenvalue weighted by Gasteiger charge is -2.22.